The molecule has 1 nitrogen and oxygen atoms in total. The quantitative estimate of drug-likeness (QED) is 0.427. The van der Waals surface area contributed by atoms with E-state index in [0.717, 1.165) is 17.4 Å². The lowest BCUT2D eigenvalue weighted by atomic mass is 10.0. The van der Waals surface area contributed by atoms with Crippen molar-refractivity contribution in [2.75, 3.05) is 0 Å². The molecule has 2 heteroatoms. The largest absolute Gasteiger partial charge is 0.298 e. The average Bonchev–Trinajstić information content (AvgIpc) is 2.35. The predicted octanol–water partition coefficient (Wildman–Crippen LogP) is 3.57. The summed E-state index contributed by atoms with van der Waals surface area (Å²) in [6, 6.07) is 7.43. The van der Waals surface area contributed by atoms with E-state index >= 15 is 0 Å². The fourth-order valence-electron chi connectivity index (χ4n) is 1.26. The minimum Gasteiger partial charge on any atom is -0.298 e. The normalized spacial score (nSPS) is 11.4. The van der Waals surface area contributed by atoms with E-state index in [4.69, 9.17) is 0 Å². The van der Waals surface area contributed by atoms with Gasteiger partial charge in [-0.05, 0) is 16.9 Å². The second-order valence-electron chi connectivity index (χ2n) is 3.12. The van der Waals surface area contributed by atoms with E-state index in [0.29, 0.717) is 5.56 Å². The molecule has 1 rings (SSSR count). The van der Waals surface area contributed by atoms with Gasteiger partial charge < -0.3 is 0 Å². The number of benzene rings is 1. The highest BCUT2D eigenvalue weighted by molar-refractivity contribution is 7.19. The minimum atomic E-state index is 0.679. The van der Waals surface area contributed by atoms with Crippen molar-refractivity contribution >= 4 is 26.5 Å². The van der Waals surface area contributed by atoms with Gasteiger partial charge in [0.05, 0.1) is 0 Å². The van der Waals surface area contributed by atoms with Crippen LogP contribution in [0.15, 0.2) is 55.1 Å². The maximum absolute atomic E-state index is 10.5. The molecule has 0 bridgehead atoms. The van der Waals surface area contributed by atoms with E-state index in [9.17, 15) is 4.79 Å². The van der Waals surface area contributed by atoms with Gasteiger partial charge in [-0.2, -0.15) is 0 Å². The zero-order valence-corrected chi connectivity index (χ0v) is 9.89. The molecule has 0 amide bonds. The van der Waals surface area contributed by atoms with E-state index in [2.05, 4.69) is 15.4 Å². The third kappa shape index (κ3) is 3.45. The summed E-state index contributed by atoms with van der Waals surface area (Å²) >= 11 is 0. The number of hydrogen-bond donors (Lipinski definition) is 0. The third-order valence-electron chi connectivity index (χ3n) is 2.05. The zero-order valence-electron chi connectivity index (χ0n) is 8.89. The third-order valence-corrected chi connectivity index (χ3v) is 2.22. The molecule has 1 aromatic rings. The first-order chi connectivity index (χ1) is 7.81. The Bertz CT molecular complexity index is 438. The van der Waals surface area contributed by atoms with Crippen LogP contribution in [0, 0.1) is 0 Å². The molecule has 0 atom stereocenters. The van der Waals surface area contributed by atoms with Gasteiger partial charge in [0.25, 0.3) is 0 Å². The molecular weight excluding hydrogens is 215 g/mol. The first-order valence-corrected chi connectivity index (χ1v) is 5.45. The number of carbonyl (C=O) groups excluding carboxylic acids is 1. The van der Waals surface area contributed by atoms with Gasteiger partial charge in [-0.3, -0.25) is 4.79 Å². The number of allylic oxidation sites excluding steroid dienone is 5. The van der Waals surface area contributed by atoms with E-state index in [1.807, 2.05) is 30.4 Å². The fourth-order valence-corrected chi connectivity index (χ4v) is 1.44. The van der Waals surface area contributed by atoms with E-state index in [-0.39, 0.29) is 0 Å². The van der Waals surface area contributed by atoms with Crippen molar-refractivity contribution < 1.29 is 4.79 Å². The van der Waals surface area contributed by atoms with Gasteiger partial charge in [0.15, 0.2) is 0 Å². The lowest BCUT2D eigenvalue weighted by molar-refractivity contribution is 0.112. The molecule has 0 saturated carbocycles. The topological polar surface area (TPSA) is 17.1 Å². The van der Waals surface area contributed by atoms with Crippen molar-refractivity contribution in [1.29, 1.82) is 0 Å². The van der Waals surface area contributed by atoms with Crippen molar-refractivity contribution in [1.82, 2.24) is 0 Å². The maximum atomic E-state index is 10.5. The summed E-state index contributed by atoms with van der Waals surface area (Å²) in [7, 11) is 3.30. The van der Waals surface area contributed by atoms with Gasteiger partial charge in [0.1, 0.15) is 6.29 Å². The average molecular weight is 228 g/mol. The monoisotopic (exact) mass is 228 g/mol. The molecule has 0 fully saturated rings. The van der Waals surface area contributed by atoms with Crippen LogP contribution >= 0.6 is 8.86 Å². The Morgan fingerprint density at radius 2 is 1.94 bits per heavy atom. The van der Waals surface area contributed by atoms with Gasteiger partial charge in [0, 0.05) is 5.56 Å². The molecule has 0 aliphatic heterocycles. The van der Waals surface area contributed by atoms with Crippen LogP contribution in [0.4, 0.5) is 0 Å². The van der Waals surface area contributed by atoms with Crippen LogP contribution in [0.5, 0.6) is 0 Å². The summed E-state index contributed by atoms with van der Waals surface area (Å²) in [6.07, 6.45) is 8.33. The van der Waals surface area contributed by atoms with Gasteiger partial charge in [-0.25, -0.2) is 0 Å². The zero-order chi connectivity index (χ0) is 11.8. The molecule has 0 heterocycles. The number of carbonyl (C=O) groups is 1. The van der Waals surface area contributed by atoms with E-state index in [1.165, 1.54) is 0 Å². The van der Waals surface area contributed by atoms with Gasteiger partial charge >= 0.3 is 0 Å². The lowest BCUT2D eigenvalue weighted by Gasteiger charge is -2.01. The smallest absolute Gasteiger partial charge is 0.150 e. The van der Waals surface area contributed by atoms with Crippen LogP contribution in [-0.2, 0) is 0 Å². The first kappa shape index (κ1) is 12.4. The molecule has 0 unspecified atom stereocenters. The first-order valence-electron chi connectivity index (χ1n) is 4.87. The lowest BCUT2D eigenvalue weighted by Crippen LogP contribution is -1.84. The molecule has 0 spiro atoms. The molecule has 0 aliphatic rings. The molecule has 0 N–H and O–H groups in total. The van der Waals surface area contributed by atoms with Gasteiger partial charge in [-0.15, -0.1) is 8.86 Å². The van der Waals surface area contributed by atoms with Crippen LogP contribution in [0.25, 0.3) is 5.57 Å². The van der Waals surface area contributed by atoms with E-state index in [1.54, 1.807) is 24.0 Å². The molecular formula is C14H13OP. The highest BCUT2D eigenvalue weighted by Crippen LogP contribution is 2.16. The number of aldehydes is 1. The minimum absolute atomic E-state index is 0.679. The van der Waals surface area contributed by atoms with Crippen LogP contribution in [-0.4, -0.2) is 12.1 Å². The Labute approximate surface area is 98.0 Å². The van der Waals surface area contributed by atoms with Gasteiger partial charge in [-0.1, -0.05) is 55.1 Å². The Hall–Kier alpha value is -1.72. The second kappa shape index (κ2) is 6.71. The summed E-state index contributed by atoms with van der Waals surface area (Å²) in [5, 5.41) is 0. The second-order valence-corrected chi connectivity index (χ2v) is 3.46. The molecule has 16 heavy (non-hydrogen) atoms. The SMILES string of the molecule is C=C/C=C\C(=C/C=P)c1ccc(C=O)cc1. The molecule has 1 aromatic carbocycles. The highest BCUT2D eigenvalue weighted by atomic mass is 31.0. The molecule has 0 aliphatic carbocycles. The van der Waals surface area contributed by atoms with Crippen molar-refractivity contribution in [2.24, 2.45) is 0 Å². The molecule has 0 aromatic heterocycles. The van der Waals surface area contributed by atoms with E-state index < -0.39 is 0 Å². The summed E-state index contributed by atoms with van der Waals surface area (Å²) < 4.78 is 0. The molecule has 0 radical (unpaired) electrons. The highest BCUT2D eigenvalue weighted by Gasteiger charge is 1.96. The van der Waals surface area contributed by atoms with Gasteiger partial charge in [0.2, 0.25) is 0 Å². The Balaban J connectivity index is 3.06. The van der Waals surface area contributed by atoms with Crippen LogP contribution < -0.4 is 0 Å². The number of hydrogen-bond acceptors (Lipinski definition) is 1. The van der Waals surface area contributed by atoms with Crippen molar-refractivity contribution in [3.05, 3.63) is 66.3 Å². The Morgan fingerprint density at radius 1 is 1.25 bits per heavy atom. The standard InChI is InChI=1S/C14H13OP/c1-2-3-4-13(9-10-16)14-7-5-12(11-15)6-8-14/h2-11,16H,1H2/b4-3-,13-9+. The van der Waals surface area contributed by atoms with Crippen LogP contribution in [0.2, 0.25) is 0 Å². The molecule has 80 valence electrons. The Kier molecular flexibility index (Phi) is 5.18. The summed E-state index contributed by atoms with van der Waals surface area (Å²) in [4.78, 5) is 10.5. The van der Waals surface area contributed by atoms with Crippen molar-refractivity contribution in [3.8, 4) is 0 Å². The van der Waals surface area contributed by atoms with Crippen LogP contribution in [0.1, 0.15) is 15.9 Å². The fraction of sp³-hybridized carbons (Fsp3) is 0. The van der Waals surface area contributed by atoms with Crippen molar-refractivity contribution in [3.63, 3.8) is 0 Å². The summed E-state index contributed by atoms with van der Waals surface area (Å²) in [5.74, 6) is 1.79. The predicted molar refractivity (Wildman–Crippen MR) is 73.5 cm³/mol. The maximum Gasteiger partial charge on any atom is 0.150 e. The molecule has 0 saturated heterocycles. The summed E-state index contributed by atoms with van der Waals surface area (Å²) in [6.45, 7) is 3.63. The van der Waals surface area contributed by atoms with Crippen LogP contribution in [0.3, 0.4) is 0 Å². The van der Waals surface area contributed by atoms with Crippen molar-refractivity contribution in [2.45, 2.75) is 0 Å². The Morgan fingerprint density at radius 3 is 2.44 bits per heavy atom. The number of rotatable bonds is 5. The summed E-state index contributed by atoms with van der Waals surface area (Å²) in [5.41, 5.74) is 2.78.